The van der Waals surface area contributed by atoms with E-state index in [1.165, 1.54) is 0 Å². The van der Waals surface area contributed by atoms with E-state index in [2.05, 4.69) is 15.4 Å². The summed E-state index contributed by atoms with van der Waals surface area (Å²) in [6.45, 7) is 2.13. The number of nitrogens with zero attached hydrogens (tertiary/aromatic N) is 5. The summed E-state index contributed by atoms with van der Waals surface area (Å²) in [5.41, 5.74) is 0.829. The van der Waals surface area contributed by atoms with Gasteiger partial charge in [0.15, 0.2) is 5.96 Å². The first-order valence-electron chi connectivity index (χ1n) is 7.44. The van der Waals surface area contributed by atoms with Crippen LogP contribution in [0.15, 0.2) is 40.2 Å². The zero-order chi connectivity index (χ0) is 16.2. The molecule has 24 heavy (non-hydrogen) atoms. The summed E-state index contributed by atoms with van der Waals surface area (Å²) in [6, 6.07) is 3.74. The zero-order valence-corrected chi connectivity index (χ0v) is 16.0. The standard InChI is InChI=1S/C15H20N6O2.HI/c1-16-15(17-9-13-4-3-7-23-13)20-5-6-21(14(22)11-20)12-8-18-19(2)10-12;/h3-4,7-8,10H,5-6,9,11H2,1-2H3,(H,16,17);1H. The highest BCUT2D eigenvalue weighted by Gasteiger charge is 2.27. The number of aryl methyl sites for hydroxylation is 1. The number of anilines is 1. The van der Waals surface area contributed by atoms with E-state index in [-0.39, 0.29) is 36.4 Å². The summed E-state index contributed by atoms with van der Waals surface area (Å²) in [6.07, 6.45) is 5.19. The Hall–Kier alpha value is -2.04. The van der Waals surface area contributed by atoms with E-state index >= 15 is 0 Å². The largest absolute Gasteiger partial charge is 0.467 e. The van der Waals surface area contributed by atoms with Crippen molar-refractivity contribution in [1.29, 1.82) is 0 Å². The molecule has 8 nitrogen and oxygen atoms in total. The van der Waals surface area contributed by atoms with Crippen LogP contribution in [0.3, 0.4) is 0 Å². The van der Waals surface area contributed by atoms with Crippen LogP contribution < -0.4 is 10.2 Å². The third kappa shape index (κ3) is 4.08. The minimum atomic E-state index is 0. The van der Waals surface area contributed by atoms with Crippen LogP contribution in [0.5, 0.6) is 0 Å². The molecule has 2 aromatic rings. The first kappa shape index (κ1) is 18.3. The molecule has 0 atom stereocenters. The number of furan rings is 1. The van der Waals surface area contributed by atoms with Gasteiger partial charge >= 0.3 is 0 Å². The van der Waals surface area contributed by atoms with E-state index in [4.69, 9.17) is 4.42 Å². The molecule has 0 radical (unpaired) electrons. The topological polar surface area (TPSA) is 78.9 Å². The van der Waals surface area contributed by atoms with Gasteiger partial charge in [0.2, 0.25) is 5.91 Å². The molecule has 3 rings (SSSR count). The van der Waals surface area contributed by atoms with Crippen molar-refractivity contribution in [3.8, 4) is 0 Å². The predicted octanol–water partition coefficient (Wildman–Crippen LogP) is 1.06. The monoisotopic (exact) mass is 444 g/mol. The van der Waals surface area contributed by atoms with Crippen LogP contribution in [0.1, 0.15) is 5.76 Å². The van der Waals surface area contributed by atoms with Crippen molar-refractivity contribution in [1.82, 2.24) is 20.0 Å². The number of carbonyl (C=O) groups is 1. The van der Waals surface area contributed by atoms with E-state index in [0.717, 1.165) is 11.4 Å². The lowest BCUT2D eigenvalue weighted by molar-refractivity contribution is -0.120. The molecule has 0 bridgehead atoms. The molecule has 0 aliphatic carbocycles. The van der Waals surface area contributed by atoms with Crippen LogP contribution in [-0.2, 0) is 18.4 Å². The number of amides is 1. The number of guanidine groups is 1. The van der Waals surface area contributed by atoms with Crippen molar-refractivity contribution in [3.05, 3.63) is 36.5 Å². The minimum Gasteiger partial charge on any atom is -0.467 e. The lowest BCUT2D eigenvalue weighted by atomic mass is 10.3. The second kappa shape index (κ2) is 8.18. The fraction of sp³-hybridized carbons (Fsp3) is 0.400. The molecule has 9 heteroatoms. The van der Waals surface area contributed by atoms with E-state index in [1.54, 1.807) is 29.1 Å². The summed E-state index contributed by atoms with van der Waals surface area (Å²) in [7, 11) is 3.55. The summed E-state index contributed by atoms with van der Waals surface area (Å²) < 4.78 is 6.99. The van der Waals surface area contributed by atoms with Crippen molar-refractivity contribution in [2.24, 2.45) is 12.0 Å². The molecule has 1 N–H and O–H groups in total. The lowest BCUT2D eigenvalue weighted by Gasteiger charge is -2.35. The van der Waals surface area contributed by atoms with Crippen LogP contribution in [0, 0.1) is 0 Å². The fourth-order valence-corrected chi connectivity index (χ4v) is 2.59. The Morgan fingerprint density at radius 2 is 2.29 bits per heavy atom. The minimum absolute atomic E-state index is 0. The van der Waals surface area contributed by atoms with Crippen molar-refractivity contribution in [2.45, 2.75) is 6.54 Å². The number of aromatic nitrogens is 2. The van der Waals surface area contributed by atoms with Gasteiger partial charge in [-0.15, -0.1) is 24.0 Å². The molecule has 0 saturated carbocycles. The van der Waals surface area contributed by atoms with Crippen LogP contribution in [0.2, 0.25) is 0 Å². The SMILES string of the molecule is CN=C(NCc1ccco1)N1CCN(c2cnn(C)c2)C(=O)C1.I. The molecular weight excluding hydrogens is 423 g/mol. The second-order valence-electron chi connectivity index (χ2n) is 5.32. The van der Waals surface area contributed by atoms with Crippen molar-refractivity contribution in [2.75, 3.05) is 31.6 Å². The quantitative estimate of drug-likeness (QED) is 0.435. The van der Waals surface area contributed by atoms with Crippen molar-refractivity contribution < 1.29 is 9.21 Å². The van der Waals surface area contributed by atoms with Gasteiger partial charge in [-0.25, -0.2) is 0 Å². The van der Waals surface area contributed by atoms with E-state index in [9.17, 15) is 4.79 Å². The number of rotatable bonds is 3. The molecule has 0 aromatic carbocycles. The normalized spacial score (nSPS) is 15.4. The van der Waals surface area contributed by atoms with Gasteiger partial charge in [-0.3, -0.25) is 14.5 Å². The highest BCUT2D eigenvalue weighted by Crippen LogP contribution is 2.16. The fourth-order valence-electron chi connectivity index (χ4n) is 2.59. The van der Waals surface area contributed by atoms with Gasteiger partial charge in [-0.05, 0) is 12.1 Å². The Balaban J connectivity index is 0.00000208. The Bertz CT molecular complexity index is 697. The van der Waals surface area contributed by atoms with Gasteiger partial charge in [0.25, 0.3) is 0 Å². The average Bonchev–Trinajstić information content (AvgIpc) is 3.20. The van der Waals surface area contributed by atoms with Gasteiger partial charge in [0.05, 0.1) is 24.7 Å². The number of hydrogen-bond acceptors (Lipinski definition) is 4. The molecule has 0 unspecified atom stereocenters. The van der Waals surface area contributed by atoms with E-state index in [0.29, 0.717) is 25.6 Å². The number of halogens is 1. The summed E-state index contributed by atoms with van der Waals surface area (Å²) >= 11 is 0. The smallest absolute Gasteiger partial charge is 0.246 e. The molecule has 1 amide bonds. The Labute approximate surface area is 157 Å². The Morgan fingerprint density at radius 1 is 1.46 bits per heavy atom. The first-order valence-corrected chi connectivity index (χ1v) is 7.44. The molecule has 1 aliphatic heterocycles. The highest BCUT2D eigenvalue weighted by molar-refractivity contribution is 14.0. The summed E-state index contributed by atoms with van der Waals surface area (Å²) in [5, 5.41) is 7.33. The molecule has 3 heterocycles. The van der Waals surface area contributed by atoms with Gasteiger partial charge in [-0.1, -0.05) is 0 Å². The molecule has 130 valence electrons. The van der Waals surface area contributed by atoms with Crippen LogP contribution >= 0.6 is 24.0 Å². The Morgan fingerprint density at radius 3 is 2.88 bits per heavy atom. The van der Waals surface area contributed by atoms with Crippen LogP contribution in [0.4, 0.5) is 5.69 Å². The Kier molecular flexibility index (Phi) is 6.23. The predicted molar refractivity (Wildman–Crippen MR) is 101 cm³/mol. The molecule has 1 aliphatic rings. The number of piperazine rings is 1. The highest BCUT2D eigenvalue weighted by atomic mass is 127. The number of aliphatic imine (C=N–C) groups is 1. The first-order chi connectivity index (χ1) is 11.2. The molecule has 2 aromatic heterocycles. The third-order valence-corrected chi connectivity index (χ3v) is 3.74. The number of nitrogens with one attached hydrogen (secondary N) is 1. The number of hydrogen-bond donors (Lipinski definition) is 1. The molecular formula is C15H21IN6O2. The third-order valence-electron chi connectivity index (χ3n) is 3.74. The maximum Gasteiger partial charge on any atom is 0.246 e. The molecule has 1 fully saturated rings. The van der Waals surface area contributed by atoms with Crippen LogP contribution in [0.25, 0.3) is 0 Å². The zero-order valence-electron chi connectivity index (χ0n) is 13.7. The molecule has 1 saturated heterocycles. The second-order valence-corrected chi connectivity index (χ2v) is 5.32. The van der Waals surface area contributed by atoms with Crippen molar-refractivity contribution in [3.63, 3.8) is 0 Å². The van der Waals surface area contributed by atoms with E-state index in [1.807, 2.05) is 30.3 Å². The van der Waals surface area contributed by atoms with Gasteiger partial charge < -0.3 is 19.5 Å². The van der Waals surface area contributed by atoms with E-state index < -0.39 is 0 Å². The maximum absolute atomic E-state index is 12.4. The van der Waals surface area contributed by atoms with Gasteiger partial charge in [0, 0.05) is 33.4 Å². The van der Waals surface area contributed by atoms with Crippen LogP contribution in [-0.4, -0.2) is 53.2 Å². The van der Waals surface area contributed by atoms with Gasteiger partial charge in [0.1, 0.15) is 12.3 Å². The summed E-state index contributed by atoms with van der Waals surface area (Å²) in [4.78, 5) is 20.4. The van der Waals surface area contributed by atoms with Crippen molar-refractivity contribution >= 4 is 41.5 Å². The lowest BCUT2D eigenvalue weighted by Crippen LogP contribution is -2.55. The number of carbonyl (C=O) groups excluding carboxylic acids is 1. The summed E-state index contributed by atoms with van der Waals surface area (Å²) in [5.74, 6) is 1.55. The maximum atomic E-state index is 12.4. The average molecular weight is 444 g/mol. The molecule has 0 spiro atoms. The van der Waals surface area contributed by atoms with Gasteiger partial charge in [-0.2, -0.15) is 5.10 Å².